The van der Waals surface area contributed by atoms with Crippen molar-refractivity contribution < 1.29 is 4.42 Å². The lowest BCUT2D eigenvalue weighted by Crippen LogP contribution is -2.38. The van der Waals surface area contributed by atoms with Gasteiger partial charge < -0.3 is 14.2 Å². The highest BCUT2D eigenvalue weighted by molar-refractivity contribution is 6.02. The maximum absolute atomic E-state index is 8.11. The van der Waals surface area contributed by atoms with Gasteiger partial charge in [0.2, 0.25) is 0 Å². The second-order valence-electron chi connectivity index (χ2n) is 14.8. The van der Waals surface area contributed by atoms with Crippen LogP contribution in [0.3, 0.4) is 0 Å². The number of rotatable bonds is 6. The third-order valence-electron chi connectivity index (χ3n) is 11.9. The van der Waals surface area contributed by atoms with Crippen LogP contribution in [0.15, 0.2) is 235 Å². The van der Waals surface area contributed by atoms with Crippen LogP contribution >= 0.6 is 0 Å². The predicted octanol–water partition coefficient (Wildman–Crippen LogP) is 13.6. The number of furan rings is 1. The summed E-state index contributed by atoms with van der Waals surface area (Å²) in [4.78, 5) is 4.89. The zero-order valence-electron chi connectivity index (χ0n) is 31.2. The van der Waals surface area contributed by atoms with Gasteiger partial charge in [0.25, 0.3) is 0 Å². The Balaban J connectivity index is 1.41. The van der Waals surface area contributed by atoms with Crippen molar-refractivity contribution in [1.82, 2.24) is 0 Å². The van der Waals surface area contributed by atoms with Gasteiger partial charge in [-0.15, -0.1) is 0 Å². The largest absolute Gasteiger partial charge is 0.458 e. The average molecular weight is 731 g/mol. The second kappa shape index (κ2) is 13.1. The van der Waals surface area contributed by atoms with E-state index in [9.17, 15) is 0 Å². The molecule has 0 aliphatic carbocycles. The SMILES string of the molecule is c1ccc(N2c3ccccc3C(c3ccccc3)(c3ccccc3)c3oc4c(c32)N(c2ccccc2)c2ccccc2C4(c2ccccc2)c2ccccc2)cc1. The molecule has 3 nitrogen and oxygen atoms in total. The molecule has 0 fully saturated rings. The van der Waals surface area contributed by atoms with Gasteiger partial charge >= 0.3 is 0 Å². The Labute approximate surface area is 333 Å². The Morgan fingerprint density at radius 2 is 0.544 bits per heavy atom. The lowest BCUT2D eigenvalue weighted by Gasteiger charge is -2.45. The Morgan fingerprint density at radius 3 is 0.860 bits per heavy atom. The van der Waals surface area contributed by atoms with E-state index >= 15 is 0 Å². The molecule has 0 bridgehead atoms. The van der Waals surface area contributed by atoms with Crippen LogP contribution in [0.25, 0.3) is 0 Å². The molecule has 57 heavy (non-hydrogen) atoms. The fourth-order valence-electron chi connectivity index (χ4n) is 9.72. The Kier molecular flexibility index (Phi) is 7.61. The minimum atomic E-state index is -0.829. The quantitative estimate of drug-likeness (QED) is 0.170. The zero-order valence-corrected chi connectivity index (χ0v) is 31.2. The van der Waals surface area contributed by atoms with Crippen LogP contribution in [0, 0.1) is 0 Å². The molecule has 0 atom stereocenters. The summed E-state index contributed by atoms with van der Waals surface area (Å²) in [7, 11) is 0. The van der Waals surface area contributed by atoms with Gasteiger partial charge in [0, 0.05) is 11.4 Å². The maximum atomic E-state index is 8.11. The molecule has 2 aliphatic rings. The van der Waals surface area contributed by atoms with Crippen molar-refractivity contribution in [2.45, 2.75) is 10.8 Å². The monoisotopic (exact) mass is 730 g/mol. The van der Waals surface area contributed by atoms with E-state index in [0.717, 1.165) is 79.0 Å². The van der Waals surface area contributed by atoms with E-state index in [0.29, 0.717) is 0 Å². The molecular formula is C54H38N2O. The van der Waals surface area contributed by atoms with Crippen LogP contribution in [-0.4, -0.2) is 0 Å². The summed E-state index contributed by atoms with van der Waals surface area (Å²) < 4.78 is 8.11. The Hall–Kier alpha value is -7.36. The molecule has 9 aromatic rings. The first kappa shape index (κ1) is 33.0. The molecule has 0 radical (unpaired) electrons. The lowest BCUT2D eigenvalue weighted by atomic mass is 9.64. The summed E-state index contributed by atoms with van der Waals surface area (Å²) in [6.07, 6.45) is 0. The van der Waals surface area contributed by atoms with Crippen molar-refractivity contribution >= 4 is 34.1 Å². The highest BCUT2D eigenvalue weighted by atomic mass is 16.3. The van der Waals surface area contributed by atoms with Crippen LogP contribution in [0.1, 0.15) is 44.9 Å². The van der Waals surface area contributed by atoms with Gasteiger partial charge in [0.1, 0.15) is 33.7 Å². The molecule has 0 N–H and O–H groups in total. The van der Waals surface area contributed by atoms with Crippen molar-refractivity contribution in [3.63, 3.8) is 0 Å². The molecule has 3 heteroatoms. The van der Waals surface area contributed by atoms with Crippen molar-refractivity contribution in [2.75, 3.05) is 9.80 Å². The first-order chi connectivity index (χ1) is 28.3. The fourth-order valence-corrected chi connectivity index (χ4v) is 9.72. The molecule has 1 aromatic heterocycles. The predicted molar refractivity (Wildman–Crippen MR) is 232 cm³/mol. The summed E-state index contributed by atoms with van der Waals surface area (Å²) in [5.74, 6) is 1.75. The highest BCUT2D eigenvalue weighted by Gasteiger charge is 2.57. The summed E-state index contributed by atoms with van der Waals surface area (Å²) in [5, 5.41) is 0. The number of para-hydroxylation sites is 4. The standard InChI is InChI=1S/C54H38N2O/c1-7-23-39(24-8-1)53(40-25-9-2-10-26-40)45-35-19-21-37-47(45)55(43-31-15-5-16-32-43)49-50-52(57-51(49)53)54(41-27-11-3-12-28-41,42-29-13-4-14-30-42)46-36-20-22-38-48(46)56(50)44-33-17-6-18-34-44/h1-38H. The topological polar surface area (TPSA) is 19.6 Å². The van der Waals surface area contributed by atoms with Crippen LogP contribution in [0.2, 0.25) is 0 Å². The molecule has 0 unspecified atom stereocenters. The van der Waals surface area contributed by atoms with E-state index < -0.39 is 10.8 Å². The first-order valence-electron chi connectivity index (χ1n) is 19.6. The van der Waals surface area contributed by atoms with Gasteiger partial charge in [-0.1, -0.05) is 194 Å². The number of anilines is 6. The van der Waals surface area contributed by atoms with E-state index in [4.69, 9.17) is 4.42 Å². The number of nitrogens with zero attached hydrogens (tertiary/aromatic N) is 2. The van der Waals surface area contributed by atoms with Gasteiger partial charge in [-0.25, -0.2) is 0 Å². The van der Waals surface area contributed by atoms with Crippen LogP contribution in [-0.2, 0) is 10.8 Å². The molecule has 0 saturated carbocycles. The van der Waals surface area contributed by atoms with Crippen molar-refractivity contribution in [3.05, 3.63) is 275 Å². The Morgan fingerprint density at radius 1 is 0.281 bits per heavy atom. The number of benzene rings is 8. The number of hydrogen-bond donors (Lipinski definition) is 0. The molecule has 0 spiro atoms. The first-order valence-corrected chi connectivity index (χ1v) is 19.6. The van der Waals surface area contributed by atoms with Gasteiger partial charge in [-0.3, -0.25) is 0 Å². The molecule has 270 valence electrons. The van der Waals surface area contributed by atoms with Crippen LogP contribution < -0.4 is 9.80 Å². The van der Waals surface area contributed by atoms with Gasteiger partial charge in [-0.2, -0.15) is 0 Å². The fraction of sp³-hybridized carbons (Fsp3) is 0.0370. The summed E-state index contributed by atoms with van der Waals surface area (Å²) in [5.41, 5.74) is 11.5. The van der Waals surface area contributed by atoms with E-state index in [1.54, 1.807) is 0 Å². The van der Waals surface area contributed by atoms with Crippen molar-refractivity contribution in [2.24, 2.45) is 0 Å². The third-order valence-corrected chi connectivity index (χ3v) is 11.9. The minimum Gasteiger partial charge on any atom is -0.458 e. The molecule has 11 rings (SSSR count). The van der Waals surface area contributed by atoms with E-state index in [2.05, 4.69) is 240 Å². The minimum absolute atomic E-state index is 0.829. The highest BCUT2D eigenvalue weighted by Crippen LogP contribution is 2.68. The number of hydrogen-bond acceptors (Lipinski definition) is 3. The average Bonchev–Trinajstić information content (AvgIpc) is 3.69. The van der Waals surface area contributed by atoms with Crippen LogP contribution in [0.4, 0.5) is 34.1 Å². The van der Waals surface area contributed by atoms with E-state index in [1.807, 2.05) is 0 Å². The summed E-state index contributed by atoms with van der Waals surface area (Å²) in [6, 6.07) is 83.1. The molecule has 2 aliphatic heterocycles. The molecular weight excluding hydrogens is 693 g/mol. The smallest absolute Gasteiger partial charge is 0.150 e. The number of fused-ring (bicyclic) bond motifs is 5. The normalized spacial score (nSPS) is 14.5. The van der Waals surface area contributed by atoms with Gasteiger partial charge in [-0.05, 0) is 69.8 Å². The van der Waals surface area contributed by atoms with E-state index in [-0.39, 0.29) is 0 Å². The molecule has 0 amide bonds. The summed E-state index contributed by atoms with van der Waals surface area (Å²) >= 11 is 0. The molecule has 0 saturated heterocycles. The van der Waals surface area contributed by atoms with E-state index in [1.165, 1.54) is 0 Å². The van der Waals surface area contributed by atoms with Crippen molar-refractivity contribution in [3.8, 4) is 0 Å². The summed E-state index contributed by atoms with van der Waals surface area (Å²) in [6.45, 7) is 0. The zero-order chi connectivity index (χ0) is 37.8. The molecule has 3 heterocycles. The van der Waals surface area contributed by atoms with Crippen LogP contribution in [0.5, 0.6) is 0 Å². The molecule has 8 aromatic carbocycles. The Bertz CT molecular complexity index is 2560. The van der Waals surface area contributed by atoms with Crippen molar-refractivity contribution in [1.29, 1.82) is 0 Å². The third kappa shape index (κ3) is 4.66. The second-order valence-corrected chi connectivity index (χ2v) is 14.8. The lowest BCUT2D eigenvalue weighted by molar-refractivity contribution is 0.399. The van der Waals surface area contributed by atoms with Gasteiger partial charge in [0.05, 0.1) is 11.4 Å². The van der Waals surface area contributed by atoms with Gasteiger partial charge in [0.15, 0.2) is 0 Å². The maximum Gasteiger partial charge on any atom is 0.150 e.